The molecule has 0 aliphatic rings. The van der Waals surface area contributed by atoms with E-state index in [2.05, 4.69) is 9.97 Å². The largest absolute Gasteiger partial charge is 0.479 e. The van der Waals surface area contributed by atoms with Crippen LogP contribution < -0.4 is 4.74 Å². The summed E-state index contributed by atoms with van der Waals surface area (Å²) in [6, 6.07) is 0. The Hall–Kier alpha value is -0.830. The quantitative estimate of drug-likeness (QED) is 0.621. The molecule has 3 nitrogen and oxygen atoms in total. The fourth-order valence-electron chi connectivity index (χ4n) is 0.574. The van der Waals surface area contributed by atoms with Crippen LogP contribution in [-0.2, 0) is 0 Å². The number of aromatic nitrogens is 2. The second-order valence-electron chi connectivity index (χ2n) is 1.81. The Bertz CT molecular complexity index is 239. The molecular weight excluding hydrogens is 152 g/mol. The van der Waals surface area contributed by atoms with Gasteiger partial charge in [-0.15, -0.1) is 0 Å². The topological polar surface area (TPSA) is 35.0 Å². The SMILES string of the molecule is COc1ncc(C)nc1Cl. The number of ether oxygens (including phenoxy) is 1. The molecule has 1 aromatic heterocycles. The molecule has 0 N–H and O–H groups in total. The van der Waals surface area contributed by atoms with E-state index in [0.29, 0.717) is 11.0 Å². The third-order valence-corrected chi connectivity index (χ3v) is 1.26. The normalized spacial score (nSPS) is 9.50. The van der Waals surface area contributed by atoms with Crippen LogP contribution >= 0.6 is 11.6 Å². The molecule has 0 bridgehead atoms. The molecule has 1 aromatic rings. The van der Waals surface area contributed by atoms with Gasteiger partial charge >= 0.3 is 0 Å². The van der Waals surface area contributed by atoms with E-state index in [-0.39, 0.29) is 0 Å². The van der Waals surface area contributed by atoms with Crippen LogP contribution in [0.25, 0.3) is 0 Å². The molecule has 0 saturated carbocycles. The van der Waals surface area contributed by atoms with Gasteiger partial charge in [0.1, 0.15) is 0 Å². The molecule has 1 rings (SSSR count). The smallest absolute Gasteiger partial charge is 0.251 e. The Balaban J connectivity index is 3.07. The third kappa shape index (κ3) is 1.36. The van der Waals surface area contributed by atoms with Crippen molar-refractivity contribution in [3.8, 4) is 5.88 Å². The number of methoxy groups -OCH3 is 1. The van der Waals surface area contributed by atoms with E-state index in [0.717, 1.165) is 5.69 Å². The molecule has 54 valence electrons. The molecule has 0 fully saturated rings. The summed E-state index contributed by atoms with van der Waals surface area (Å²) in [5, 5.41) is 0.308. The van der Waals surface area contributed by atoms with Gasteiger partial charge in [-0.1, -0.05) is 11.6 Å². The van der Waals surface area contributed by atoms with Gasteiger partial charge in [0.05, 0.1) is 19.0 Å². The van der Waals surface area contributed by atoms with Crippen LogP contribution in [0.4, 0.5) is 0 Å². The monoisotopic (exact) mass is 158 g/mol. The molecule has 0 saturated heterocycles. The Labute approximate surface area is 64.0 Å². The number of rotatable bonds is 1. The zero-order chi connectivity index (χ0) is 7.56. The van der Waals surface area contributed by atoms with Gasteiger partial charge in [0.15, 0.2) is 5.15 Å². The maximum atomic E-state index is 5.63. The summed E-state index contributed by atoms with van der Waals surface area (Å²) in [7, 11) is 1.51. The van der Waals surface area contributed by atoms with Crippen molar-refractivity contribution < 1.29 is 4.74 Å². The minimum absolute atomic E-state index is 0.308. The number of halogens is 1. The number of aryl methyl sites for hydroxylation is 1. The van der Waals surface area contributed by atoms with Gasteiger partial charge in [-0.2, -0.15) is 0 Å². The van der Waals surface area contributed by atoms with E-state index in [9.17, 15) is 0 Å². The van der Waals surface area contributed by atoms with Gasteiger partial charge in [0.25, 0.3) is 5.88 Å². The first-order chi connectivity index (χ1) is 4.74. The van der Waals surface area contributed by atoms with E-state index < -0.39 is 0 Å². The van der Waals surface area contributed by atoms with Gasteiger partial charge < -0.3 is 4.74 Å². The van der Waals surface area contributed by atoms with E-state index in [1.165, 1.54) is 7.11 Å². The van der Waals surface area contributed by atoms with Crippen molar-refractivity contribution in [2.24, 2.45) is 0 Å². The lowest BCUT2D eigenvalue weighted by molar-refractivity contribution is 0.395. The Morgan fingerprint density at radius 2 is 2.30 bits per heavy atom. The summed E-state index contributed by atoms with van der Waals surface area (Å²) in [6.45, 7) is 1.82. The molecule has 0 radical (unpaired) electrons. The molecule has 0 aliphatic carbocycles. The first kappa shape index (κ1) is 7.28. The molecule has 4 heteroatoms. The molecule has 0 aromatic carbocycles. The summed E-state index contributed by atoms with van der Waals surface area (Å²) >= 11 is 5.63. The van der Waals surface area contributed by atoms with Gasteiger partial charge in [-0.3, -0.25) is 0 Å². The highest BCUT2D eigenvalue weighted by atomic mass is 35.5. The molecule has 1 heterocycles. The van der Waals surface area contributed by atoms with Crippen molar-refractivity contribution >= 4 is 11.6 Å². The Morgan fingerprint density at radius 1 is 1.60 bits per heavy atom. The predicted octanol–water partition coefficient (Wildman–Crippen LogP) is 1.45. The summed E-state index contributed by atoms with van der Waals surface area (Å²) in [4.78, 5) is 7.80. The highest BCUT2D eigenvalue weighted by Gasteiger charge is 2.00. The Kier molecular flexibility index (Phi) is 2.06. The van der Waals surface area contributed by atoms with Crippen molar-refractivity contribution in [1.82, 2.24) is 9.97 Å². The molecule has 10 heavy (non-hydrogen) atoms. The zero-order valence-electron chi connectivity index (χ0n) is 5.76. The van der Waals surface area contributed by atoms with E-state index >= 15 is 0 Å². The van der Waals surface area contributed by atoms with Gasteiger partial charge in [0, 0.05) is 0 Å². The van der Waals surface area contributed by atoms with E-state index in [1.54, 1.807) is 6.20 Å². The minimum Gasteiger partial charge on any atom is -0.479 e. The Morgan fingerprint density at radius 3 is 2.80 bits per heavy atom. The lowest BCUT2D eigenvalue weighted by atomic mass is 10.5. The molecular formula is C6H7ClN2O. The summed E-state index contributed by atoms with van der Waals surface area (Å²) in [6.07, 6.45) is 1.60. The maximum absolute atomic E-state index is 5.63. The van der Waals surface area contributed by atoms with Crippen molar-refractivity contribution in [3.63, 3.8) is 0 Å². The lowest BCUT2D eigenvalue weighted by Crippen LogP contribution is -1.91. The van der Waals surface area contributed by atoms with Gasteiger partial charge in [-0.05, 0) is 6.92 Å². The number of nitrogens with zero attached hydrogens (tertiary/aromatic N) is 2. The standard InChI is InChI=1S/C6H7ClN2O/c1-4-3-8-6(10-2)5(7)9-4/h3H,1-2H3. The van der Waals surface area contributed by atoms with Crippen LogP contribution in [0.2, 0.25) is 5.15 Å². The summed E-state index contributed by atoms with van der Waals surface area (Å²) in [5.41, 5.74) is 0.783. The first-order valence-electron chi connectivity index (χ1n) is 2.77. The molecule has 0 spiro atoms. The highest BCUT2D eigenvalue weighted by Crippen LogP contribution is 2.16. The van der Waals surface area contributed by atoms with Gasteiger partial charge in [-0.25, -0.2) is 9.97 Å². The van der Waals surface area contributed by atoms with Gasteiger partial charge in [0.2, 0.25) is 0 Å². The molecule has 0 unspecified atom stereocenters. The van der Waals surface area contributed by atoms with Crippen LogP contribution in [0.5, 0.6) is 5.88 Å². The zero-order valence-corrected chi connectivity index (χ0v) is 6.51. The predicted molar refractivity (Wildman–Crippen MR) is 38.3 cm³/mol. The number of hydrogen-bond acceptors (Lipinski definition) is 3. The second-order valence-corrected chi connectivity index (χ2v) is 2.17. The average molecular weight is 159 g/mol. The lowest BCUT2D eigenvalue weighted by Gasteiger charge is -1.99. The van der Waals surface area contributed by atoms with E-state index in [4.69, 9.17) is 16.3 Å². The van der Waals surface area contributed by atoms with Crippen molar-refractivity contribution in [2.45, 2.75) is 6.92 Å². The average Bonchev–Trinajstić information content (AvgIpc) is 1.88. The van der Waals surface area contributed by atoms with Crippen molar-refractivity contribution in [3.05, 3.63) is 17.0 Å². The van der Waals surface area contributed by atoms with Crippen LogP contribution in [0.1, 0.15) is 5.69 Å². The summed E-state index contributed by atoms with van der Waals surface area (Å²) < 4.78 is 4.79. The van der Waals surface area contributed by atoms with Crippen molar-refractivity contribution in [2.75, 3.05) is 7.11 Å². The second kappa shape index (κ2) is 2.84. The summed E-state index contributed by atoms with van der Waals surface area (Å²) in [5.74, 6) is 0.368. The molecule has 0 amide bonds. The molecule has 0 atom stereocenters. The van der Waals surface area contributed by atoms with Crippen LogP contribution in [0.15, 0.2) is 6.20 Å². The number of hydrogen-bond donors (Lipinski definition) is 0. The maximum Gasteiger partial charge on any atom is 0.251 e. The third-order valence-electron chi connectivity index (χ3n) is 1.01. The van der Waals surface area contributed by atoms with E-state index in [1.807, 2.05) is 6.92 Å². The fraction of sp³-hybridized carbons (Fsp3) is 0.333. The highest BCUT2D eigenvalue weighted by molar-refractivity contribution is 6.30. The first-order valence-corrected chi connectivity index (χ1v) is 3.15. The van der Waals surface area contributed by atoms with Crippen LogP contribution in [-0.4, -0.2) is 17.1 Å². The van der Waals surface area contributed by atoms with Crippen molar-refractivity contribution in [1.29, 1.82) is 0 Å². The minimum atomic E-state index is 0.308. The fourth-order valence-corrected chi connectivity index (χ4v) is 0.833. The molecule has 0 aliphatic heterocycles. The van der Waals surface area contributed by atoms with Crippen LogP contribution in [0.3, 0.4) is 0 Å². The van der Waals surface area contributed by atoms with Crippen LogP contribution in [0, 0.1) is 6.92 Å².